The summed E-state index contributed by atoms with van der Waals surface area (Å²) < 4.78 is 57.7. The molecule has 4 rings (SSSR count). The van der Waals surface area contributed by atoms with E-state index in [1.807, 2.05) is 13.8 Å². The molecule has 2 aromatic carbocycles. The predicted molar refractivity (Wildman–Crippen MR) is 109 cm³/mol. The summed E-state index contributed by atoms with van der Waals surface area (Å²) in [4.78, 5) is 0.459. The first-order valence-electron chi connectivity index (χ1n) is 9.71. The van der Waals surface area contributed by atoms with E-state index < -0.39 is 20.1 Å². The number of benzene rings is 2. The van der Waals surface area contributed by atoms with E-state index in [0.717, 1.165) is 17.5 Å². The van der Waals surface area contributed by atoms with Crippen LogP contribution in [0, 0.1) is 25.7 Å². The monoisotopic (exact) mass is 435 g/mol. The van der Waals surface area contributed by atoms with Crippen LogP contribution in [0.25, 0.3) is 0 Å². The molecule has 0 aromatic heterocycles. The van der Waals surface area contributed by atoms with E-state index in [1.54, 1.807) is 52.8 Å². The van der Waals surface area contributed by atoms with Crippen molar-refractivity contribution in [1.82, 2.24) is 4.31 Å². The number of hydrogen-bond acceptors (Lipinski definition) is 5. The summed E-state index contributed by atoms with van der Waals surface area (Å²) in [7, 11) is -7.33. The summed E-state index contributed by atoms with van der Waals surface area (Å²) in [5, 5.41) is 0. The molecule has 1 aliphatic carbocycles. The Hall–Kier alpha value is -1.74. The lowest BCUT2D eigenvalue weighted by Crippen LogP contribution is -2.41. The third-order valence-electron chi connectivity index (χ3n) is 6.01. The van der Waals surface area contributed by atoms with E-state index in [1.165, 1.54) is 0 Å². The Labute approximate surface area is 172 Å². The van der Waals surface area contributed by atoms with Crippen molar-refractivity contribution in [2.24, 2.45) is 11.8 Å². The van der Waals surface area contributed by atoms with Gasteiger partial charge >= 0.3 is 0 Å². The van der Waals surface area contributed by atoms with Gasteiger partial charge in [0.2, 0.25) is 10.0 Å². The van der Waals surface area contributed by atoms with Crippen LogP contribution >= 0.6 is 0 Å². The summed E-state index contributed by atoms with van der Waals surface area (Å²) >= 11 is 0. The highest BCUT2D eigenvalue weighted by Crippen LogP contribution is 2.44. The van der Waals surface area contributed by atoms with Gasteiger partial charge in [0.1, 0.15) is 0 Å². The van der Waals surface area contributed by atoms with Crippen LogP contribution in [0.15, 0.2) is 58.3 Å². The average Bonchev–Trinajstić information content (AvgIpc) is 3.28. The lowest BCUT2D eigenvalue weighted by Gasteiger charge is -2.30. The molecule has 1 heterocycles. The molecule has 3 atom stereocenters. The average molecular weight is 436 g/mol. The van der Waals surface area contributed by atoms with Crippen molar-refractivity contribution in [3.8, 4) is 0 Å². The molecule has 0 radical (unpaired) electrons. The fourth-order valence-corrected chi connectivity index (χ4v) is 6.98. The van der Waals surface area contributed by atoms with Crippen LogP contribution in [-0.2, 0) is 24.3 Å². The van der Waals surface area contributed by atoms with Crippen LogP contribution in [0.1, 0.15) is 24.0 Å². The Morgan fingerprint density at radius 3 is 1.93 bits per heavy atom. The molecule has 29 heavy (non-hydrogen) atoms. The maximum Gasteiger partial charge on any atom is 0.296 e. The predicted octanol–water partition coefficient (Wildman–Crippen LogP) is 3.11. The van der Waals surface area contributed by atoms with E-state index in [2.05, 4.69) is 0 Å². The Bertz CT molecular complexity index is 1090. The lowest BCUT2D eigenvalue weighted by molar-refractivity contribution is 0.180. The standard InChI is InChI=1S/C21H25NO5S2/c1-15-3-7-20(8-4-15)28(23,24)22-13-17-11-19(22)12-18(17)14-27-29(25,26)21-9-5-16(2)6-10-21/h3-10,17-19H,11-14H2,1-2H3/t17-,18?,19-/m0/s1. The maximum absolute atomic E-state index is 13.0. The van der Waals surface area contributed by atoms with Crippen molar-refractivity contribution in [3.05, 3.63) is 59.7 Å². The van der Waals surface area contributed by atoms with E-state index in [0.29, 0.717) is 17.9 Å². The van der Waals surface area contributed by atoms with Crippen molar-refractivity contribution in [3.63, 3.8) is 0 Å². The van der Waals surface area contributed by atoms with Crippen molar-refractivity contribution >= 4 is 20.1 Å². The van der Waals surface area contributed by atoms with Gasteiger partial charge in [-0.1, -0.05) is 35.4 Å². The van der Waals surface area contributed by atoms with Crippen molar-refractivity contribution < 1.29 is 21.0 Å². The van der Waals surface area contributed by atoms with Crippen LogP contribution < -0.4 is 0 Å². The Morgan fingerprint density at radius 2 is 1.41 bits per heavy atom. The SMILES string of the molecule is Cc1ccc(S(=O)(=O)OCC2C[C@@H]3C[C@H]2CN3S(=O)(=O)c2ccc(C)cc2)cc1. The smallest absolute Gasteiger partial charge is 0.266 e. The molecule has 6 nitrogen and oxygen atoms in total. The number of aryl methyl sites for hydroxylation is 2. The highest BCUT2D eigenvalue weighted by molar-refractivity contribution is 7.89. The van der Waals surface area contributed by atoms with Gasteiger partial charge in [-0.15, -0.1) is 0 Å². The molecule has 2 aliphatic rings. The molecule has 156 valence electrons. The second-order valence-electron chi connectivity index (χ2n) is 8.08. The second-order valence-corrected chi connectivity index (χ2v) is 11.6. The van der Waals surface area contributed by atoms with Gasteiger partial charge in [0.05, 0.1) is 16.4 Å². The van der Waals surface area contributed by atoms with Crippen LogP contribution in [0.3, 0.4) is 0 Å². The Morgan fingerprint density at radius 1 is 0.862 bits per heavy atom. The summed E-state index contributed by atoms with van der Waals surface area (Å²) in [6.07, 6.45) is 1.38. The minimum absolute atomic E-state index is 0.0460. The zero-order chi connectivity index (χ0) is 20.8. The van der Waals surface area contributed by atoms with Gasteiger partial charge in [-0.25, -0.2) is 8.42 Å². The third kappa shape index (κ3) is 3.99. The van der Waals surface area contributed by atoms with Crippen LogP contribution in [0.5, 0.6) is 0 Å². The first-order valence-corrected chi connectivity index (χ1v) is 12.6. The van der Waals surface area contributed by atoms with Gasteiger partial charge in [-0.05, 0) is 62.8 Å². The molecular formula is C21H25NO5S2. The molecule has 1 aliphatic heterocycles. The van der Waals surface area contributed by atoms with E-state index in [4.69, 9.17) is 4.18 Å². The Balaban J connectivity index is 1.40. The minimum atomic E-state index is -3.80. The molecule has 0 N–H and O–H groups in total. The van der Waals surface area contributed by atoms with Gasteiger partial charge in [-0.3, -0.25) is 4.18 Å². The topological polar surface area (TPSA) is 80.8 Å². The quantitative estimate of drug-likeness (QED) is 0.652. The van der Waals surface area contributed by atoms with E-state index >= 15 is 0 Å². The number of sulfonamides is 1. The number of rotatable bonds is 6. The highest BCUT2D eigenvalue weighted by Gasteiger charge is 2.49. The van der Waals surface area contributed by atoms with Gasteiger partial charge in [0.15, 0.2) is 0 Å². The molecule has 2 aromatic rings. The summed E-state index contributed by atoms with van der Waals surface area (Å²) in [6, 6.07) is 13.4. The van der Waals surface area contributed by atoms with Gasteiger partial charge in [0.25, 0.3) is 10.1 Å². The fraction of sp³-hybridized carbons (Fsp3) is 0.429. The largest absolute Gasteiger partial charge is 0.296 e. The van der Waals surface area contributed by atoms with Crippen LogP contribution in [0.2, 0.25) is 0 Å². The van der Waals surface area contributed by atoms with Crippen LogP contribution in [-0.4, -0.2) is 40.3 Å². The van der Waals surface area contributed by atoms with Crippen molar-refractivity contribution in [2.45, 2.75) is 42.5 Å². The molecule has 2 fully saturated rings. The van der Waals surface area contributed by atoms with Crippen molar-refractivity contribution in [2.75, 3.05) is 13.2 Å². The van der Waals surface area contributed by atoms with Gasteiger partial charge in [-0.2, -0.15) is 12.7 Å². The number of fused-ring (bicyclic) bond motifs is 2. The summed E-state index contributed by atoms with van der Waals surface area (Å²) in [6.45, 7) is 4.32. The van der Waals surface area contributed by atoms with E-state index in [9.17, 15) is 16.8 Å². The molecular weight excluding hydrogens is 410 g/mol. The van der Waals surface area contributed by atoms with Crippen LogP contribution in [0.4, 0.5) is 0 Å². The molecule has 1 unspecified atom stereocenters. The first kappa shape index (κ1) is 20.5. The highest BCUT2D eigenvalue weighted by atomic mass is 32.2. The molecule has 8 heteroatoms. The first-order chi connectivity index (χ1) is 13.7. The lowest BCUT2D eigenvalue weighted by atomic mass is 9.96. The molecule has 1 saturated heterocycles. The zero-order valence-electron chi connectivity index (χ0n) is 16.5. The van der Waals surface area contributed by atoms with Gasteiger partial charge in [0, 0.05) is 12.6 Å². The van der Waals surface area contributed by atoms with Gasteiger partial charge < -0.3 is 0 Å². The minimum Gasteiger partial charge on any atom is -0.266 e. The Kier molecular flexibility index (Phi) is 5.31. The molecule has 2 bridgehead atoms. The third-order valence-corrected chi connectivity index (χ3v) is 9.24. The maximum atomic E-state index is 13.0. The number of piperidine rings is 1. The zero-order valence-corrected chi connectivity index (χ0v) is 18.1. The number of hydrogen-bond donors (Lipinski definition) is 0. The second kappa shape index (κ2) is 7.50. The fourth-order valence-electron chi connectivity index (χ4n) is 4.31. The number of nitrogens with zero attached hydrogens (tertiary/aromatic N) is 1. The van der Waals surface area contributed by atoms with Crippen molar-refractivity contribution in [1.29, 1.82) is 0 Å². The summed E-state index contributed by atoms with van der Waals surface area (Å²) in [5.41, 5.74) is 1.99. The normalized spacial score (nSPS) is 24.8. The van der Waals surface area contributed by atoms with E-state index in [-0.39, 0.29) is 29.4 Å². The summed E-state index contributed by atoms with van der Waals surface area (Å²) in [5.74, 6) is 0.165. The molecule has 1 saturated carbocycles. The molecule has 0 spiro atoms. The molecule has 0 amide bonds.